The zero-order valence-corrected chi connectivity index (χ0v) is 24.0. The van der Waals surface area contributed by atoms with Gasteiger partial charge in [0.25, 0.3) is 0 Å². The van der Waals surface area contributed by atoms with Crippen LogP contribution in [0.15, 0.2) is 0 Å². The van der Waals surface area contributed by atoms with Gasteiger partial charge in [-0.05, 0) is 51.4 Å². The Hall–Kier alpha value is -0.0800. The molecule has 0 rings (SSSR count). The summed E-state index contributed by atoms with van der Waals surface area (Å²) in [5, 5.41) is 0. The minimum atomic E-state index is 0. The molecule has 0 unspecified atom stereocenters. The van der Waals surface area contributed by atoms with E-state index in [0.29, 0.717) is 0 Å². The van der Waals surface area contributed by atoms with E-state index in [-0.39, 0.29) is 5.48 Å². The van der Waals surface area contributed by atoms with Crippen molar-refractivity contribution in [3.8, 4) is 0 Å². The fourth-order valence-corrected chi connectivity index (χ4v) is 5.40. The summed E-state index contributed by atoms with van der Waals surface area (Å²) in [6.45, 7) is 15.3. The van der Waals surface area contributed by atoms with Crippen molar-refractivity contribution in [3.63, 3.8) is 0 Å². The Morgan fingerprint density at radius 1 is 0.273 bits per heavy atom. The van der Waals surface area contributed by atoms with Crippen molar-refractivity contribution in [2.45, 2.75) is 175 Å². The summed E-state index contributed by atoms with van der Waals surface area (Å²) in [5.41, 5.74) is 0. The first kappa shape index (κ1) is 35.1. The smallest absolute Gasteiger partial charge is 0.0786 e. The summed E-state index contributed by atoms with van der Waals surface area (Å²) in [5.74, 6) is 0. The first-order valence-corrected chi connectivity index (χ1v) is 15.6. The molecule has 33 heavy (non-hydrogen) atoms. The molecule has 0 fully saturated rings. The molecule has 2 nitrogen and oxygen atoms in total. The van der Waals surface area contributed by atoms with Crippen LogP contribution < -0.4 is 0 Å². The molecular formula is C31H67NO. The van der Waals surface area contributed by atoms with Gasteiger partial charge < -0.3 is 9.96 Å². The monoisotopic (exact) mass is 470 g/mol. The van der Waals surface area contributed by atoms with Crippen molar-refractivity contribution in [3.05, 3.63) is 0 Å². The summed E-state index contributed by atoms with van der Waals surface area (Å²) in [6.07, 6.45) is 33.3. The molecule has 0 aromatic heterocycles. The van der Waals surface area contributed by atoms with Gasteiger partial charge in [0.05, 0.1) is 26.2 Å². The maximum atomic E-state index is 2.34. The van der Waals surface area contributed by atoms with E-state index in [1.165, 1.54) is 178 Å². The Morgan fingerprint density at radius 3 is 0.667 bits per heavy atom. The highest BCUT2D eigenvalue weighted by molar-refractivity contribution is 4.55. The largest absolute Gasteiger partial charge is 0.870 e. The molecule has 0 saturated carbocycles. The van der Waals surface area contributed by atoms with Crippen molar-refractivity contribution in [2.24, 2.45) is 0 Å². The van der Waals surface area contributed by atoms with Gasteiger partial charge in [0.2, 0.25) is 0 Å². The van der Waals surface area contributed by atoms with Gasteiger partial charge in [-0.25, -0.2) is 0 Å². The zero-order chi connectivity index (χ0) is 23.6. The molecule has 0 radical (unpaired) electrons. The lowest BCUT2D eigenvalue weighted by Gasteiger charge is -2.40. The van der Waals surface area contributed by atoms with Crippen LogP contribution in [0.3, 0.4) is 0 Å². The van der Waals surface area contributed by atoms with Gasteiger partial charge in [0, 0.05) is 0 Å². The zero-order valence-electron chi connectivity index (χ0n) is 24.0. The molecule has 0 aliphatic heterocycles. The summed E-state index contributed by atoms with van der Waals surface area (Å²) < 4.78 is 1.47. The molecule has 0 saturated heterocycles. The lowest BCUT2D eigenvalue weighted by molar-refractivity contribution is -0.929. The normalized spacial score (nSPS) is 11.6. The van der Waals surface area contributed by atoms with Crippen LogP contribution in [0.25, 0.3) is 0 Å². The quantitative estimate of drug-likeness (QED) is 0.0868. The van der Waals surface area contributed by atoms with Gasteiger partial charge in [-0.15, -0.1) is 0 Å². The van der Waals surface area contributed by atoms with Gasteiger partial charge in [0.15, 0.2) is 0 Å². The third-order valence-corrected chi connectivity index (χ3v) is 7.69. The van der Waals surface area contributed by atoms with Gasteiger partial charge in [-0.3, -0.25) is 0 Å². The maximum absolute atomic E-state index is 2.34. The molecule has 2 heteroatoms. The fraction of sp³-hybridized carbons (Fsp3) is 1.00. The summed E-state index contributed by atoms with van der Waals surface area (Å²) in [6, 6.07) is 0. The van der Waals surface area contributed by atoms with Gasteiger partial charge in [-0.1, -0.05) is 124 Å². The first-order chi connectivity index (χ1) is 15.7. The van der Waals surface area contributed by atoms with E-state index in [0.717, 1.165) is 0 Å². The topological polar surface area (TPSA) is 30.0 Å². The fourth-order valence-electron chi connectivity index (χ4n) is 5.40. The number of hydrogen-bond acceptors (Lipinski definition) is 1. The standard InChI is InChI=1S/C31H66N.H2O/c1-5-9-13-17-21-25-29-32(28-24-20-16-12-8-4,30-26-22-18-14-10-6-2)31-27-23-19-15-11-7-3;/h5-31H2,1-4H3;1H2/q+1;/p-1. The highest BCUT2D eigenvalue weighted by Gasteiger charge is 2.25. The van der Waals surface area contributed by atoms with Crippen molar-refractivity contribution in [1.82, 2.24) is 0 Å². The number of rotatable bonds is 27. The van der Waals surface area contributed by atoms with Crippen LogP contribution in [0.2, 0.25) is 0 Å². The van der Waals surface area contributed by atoms with E-state index >= 15 is 0 Å². The highest BCUT2D eigenvalue weighted by Crippen LogP contribution is 2.20. The lowest BCUT2D eigenvalue weighted by atomic mass is 10.0. The predicted molar refractivity (Wildman–Crippen MR) is 151 cm³/mol. The second-order valence-electron chi connectivity index (χ2n) is 11.0. The van der Waals surface area contributed by atoms with E-state index in [4.69, 9.17) is 0 Å². The third kappa shape index (κ3) is 23.4. The van der Waals surface area contributed by atoms with E-state index in [1.807, 2.05) is 0 Å². The van der Waals surface area contributed by atoms with Crippen LogP contribution in [0.4, 0.5) is 0 Å². The van der Waals surface area contributed by atoms with Crippen molar-refractivity contribution in [1.29, 1.82) is 0 Å². The number of hydrogen-bond donors (Lipinski definition) is 0. The molecule has 0 heterocycles. The Balaban J connectivity index is 0. The molecule has 0 aliphatic rings. The van der Waals surface area contributed by atoms with E-state index < -0.39 is 0 Å². The molecule has 0 aromatic rings. The molecule has 202 valence electrons. The summed E-state index contributed by atoms with van der Waals surface area (Å²) >= 11 is 0. The van der Waals surface area contributed by atoms with E-state index in [1.54, 1.807) is 0 Å². The van der Waals surface area contributed by atoms with Crippen molar-refractivity contribution < 1.29 is 9.96 Å². The molecule has 0 amide bonds. The van der Waals surface area contributed by atoms with Crippen molar-refractivity contribution >= 4 is 0 Å². The summed E-state index contributed by atoms with van der Waals surface area (Å²) in [4.78, 5) is 0. The SMILES string of the molecule is CCCCCCCC[N+](CCCCCCC)(CCCCCCCC)CCCCCCCC.[OH-]. The van der Waals surface area contributed by atoms with Gasteiger partial charge in [-0.2, -0.15) is 0 Å². The molecule has 0 aromatic carbocycles. The molecular weight excluding hydrogens is 402 g/mol. The van der Waals surface area contributed by atoms with Crippen LogP contribution in [0.5, 0.6) is 0 Å². The molecule has 0 atom stereocenters. The van der Waals surface area contributed by atoms with Gasteiger partial charge >= 0.3 is 0 Å². The lowest BCUT2D eigenvalue weighted by Crippen LogP contribution is -2.50. The third-order valence-electron chi connectivity index (χ3n) is 7.69. The maximum Gasteiger partial charge on any atom is 0.0786 e. The van der Waals surface area contributed by atoms with E-state index in [2.05, 4.69) is 27.7 Å². The highest BCUT2D eigenvalue weighted by atomic mass is 16.0. The molecule has 0 spiro atoms. The second kappa shape index (κ2) is 28.2. The second-order valence-corrected chi connectivity index (χ2v) is 11.0. The Morgan fingerprint density at radius 2 is 0.455 bits per heavy atom. The number of unbranched alkanes of at least 4 members (excludes halogenated alkanes) is 19. The van der Waals surface area contributed by atoms with Crippen LogP contribution in [0, 0.1) is 0 Å². The van der Waals surface area contributed by atoms with Crippen molar-refractivity contribution in [2.75, 3.05) is 26.2 Å². The predicted octanol–water partition coefficient (Wildman–Crippen LogP) is 10.7. The summed E-state index contributed by atoms with van der Waals surface area (Å²) in [7, 11) is 0. The minimum absolute atomic E-state index is 0. The van der Waals surface area contributed by atoms with Crippen LogP contribution in [-0.4, -0.2) is 36.1 Å². The number of nitrogens with zero attached hydrogens (tertiary/aromatic N) is 1. The molecule has 0 bridgehead atoms. The average Bonchev–Trinajstić information content (AvgIpc) is 2.80. The number of quaternary nitrogens is 1. The Kier molecular flexibility index (Phi) is 29.9. The van der Waals surface area contributed by atoms with E-state index in [9.17, 15) is 0 Å². The Labute approximate surface area is 211 Å². The minimum Gasteiger partial charge on any atom is -0.870 e. The molecule has 1 N–H and O–H groups in total. The van der Waals surface area contributed by atoms with Crippen LogP contribution >= 0.6 is 0 Å². The van der Waals surface area contributed by atoms with Crippen LogP contribution in [0.1, 0.15) is 175 Å². The van der Waals surface area contributed by atoms with Gasteiger partial charge in [0.1, 0.15) is 0 Å². The average molecular weight is 470 g/mol. The van der Waals surface area contributed by atoms with Crippen LogP contribution in [-0.2, 0) is 0 Å². The molecule has 0 aliphatic carbocycles. The Bertz CT molecular complexity index is 303. The first-order valence-electron chi connectivity index (χ1n) is 15.6.